The number of hydrogen-bond donors (Lipinski definition) is 1. The average Bonchev–Trinajstić information content (AvgIpc) is 2.89. The highest BCUT2D eigenvalue weighted by Gasteiger charge is 2.45. The van der Waals surface area contributed by atoms with Crippen LogP contribution in [0.15, 0.2) is 12.3 Å². The molecule has 0 amide bonds. The summed E-state index contributed by atoms with van der Waals surface area (Å²) in [5.74, 6) is 0.244. The van der Waals surface area contributed by atoms with E-state index in [2.05, 4.69) is 21.7 Å². The normalized spacial score (nSPS) is 19.5. The van der Waals surface area contributed by atoms with E-state index in [9.17, 15) is 8.42 Å². The molecule has 1 saturated carbocycles. The Morgan fingerprint density at radius 2 is 2.26 bits per heavy atom. The Kier molecular flexibility index (Phi) is 3.58. The van der Waals surface area contributed by atoms with Crippen molar-refractivity contribution in [3.05, 3.63) is 22.7 Å². The van der Waals surface area contributed by atoms with Crippen molar-refractivity contribution in [1.29, 1.82) is 0 Å². The van der Waals surface area contributed by atoms with E-state index in [1.54, 1.807) is 11.3 Å². The molecule has 0 unspecified atom stereocenters. The van der Waals surface area contributed by atoms with Gasteiger partial charge in [0.15, 0.2) is 0 Å². The van der Waals surface area contributed by atoms with Crippen LogP contribution in [0.1, 0.15) is 23.3 Å². The van der Waals surface area contributed by atoms with E-state index in [-0.39, 0.29) is 11.2 Å². The highest BCUT2D eigenvalue weighted by atomic mass is 32.2. The van der Waals surface area contributed by atoms with Gasteiger partial charge in [0.2, 0.25) is 0 Å². The lowest BCUT2D eigenvalue weighted by molar-refractivity contribution is 0.423. The summed E-state index contributed by atoms with van der Waals surface area (Å²) in [5, 5.41) is 11.9. The fourth-order valence-corrected chi connectivity index (χ4v) is 5.92. The Morgan fingerprint density at radius 1 is 1.43 bits per heavy atom. The largest absolute Gasteiger partial charge is 0.312 e. The Hall–Kier alpha value is -1.25. The summed E-state index contributed by atoms with van der Waals surface area (Å²) in [6.45, 7) is 2.60. The molecule has 2 aromatic rings. The highest BCUT2D eigenvalue weighted by Crippen LogP contribution is 2.48. The maximum Gasteiger partial charge on any atom is 0.148 e. The molecule has 23 heavy (non-hydrogen) atoms. The molecule has 1 N–H and O–H groups in total. The van der Waals surface area contributed by atoms with Gasteiger partial charge in [-0.2, -0.15) is 0 Å². The summed E-state index contributed by atoms with van der Waals surface area (Å²) in [6.07, 6.45) is 6.24. The number of thiophene rings is 1. The molecule has 8 heteroatoms. The van der Waals surface area contributed by atoms with E-state index in [0.717, 1.165) is 42.9 Å². The lowest BCUT2D eigenvalue weighted by atomic mass is 10.1. The van der Waals surface area contributed by atoms with E-state index in [1.165, 1.54) is 16.7 Å². The molecule has 0 saturated heterocycles. The van der Waals surface area contributed by atoms with Gasteiger partial charge in [0.25, 0.3) is 0 Å². The van der Waals surface area contributed by atoms with Gasteiger partial charge in [0.05, 0.1) is 16.8 Å². The molecule has 1 fully saturated rings. The Bertz CT molecular complexity index is 810. The first-order valence-electron chi connectivity index (χ1n) is 7.83. The van der Waals surface area contributed by atoms with Crippen LogP contribution in [-0.4, -0.2) is 42.0 Å². The van der Waals surface area contributed by atoms with E-state index < -0.39 is 9.84 Å². The highest BCUT2D eigenvalue weighted by molar-refractivity contribution is 7.90. The third kappa shape index (κ3) is 3.34. The molecular weight excluding hydrogens is 332 g/mol. The van der Waals surface area contributed by atoms with Crippen LogP contribution in [0.2, 0.25) is 0 Å². The quantitative estimate of drug-likeness (QED) is 0.882. The van der Waals surface area contributed by atoms with E-state index in [1.807, 2.05) is 10.9 Å². The van der Waals surface area contributed by atoms with Crippen LogP contribution in [0.3, 0.4) is 0 Å². The van der Waals surface area contributed by atoms with Crippen molar-refractivity contribution >= 4 is 21.2 Å². The zero-order valence-corrected chi connectivity index (χ0v) is 14.7. The number of fused-ring (bicyclic) bond motifs is 1. The van der Waals surface area contributed by atoms with Gasteiger partial charge in [-0.1, -0.05) is 5.21 Å². The summed E-state index contributed by atoms with van der Waals surface area (Å²) >= 11 is 1.79. The zero-order valence-electron chi connectivity index (χ0n) is 13.1. The minimum atomic E-state index is -2.95. The Balaban J connectivity index is 1.52. The number of aromatic nitrogens is 3. The molecule has 2 aromatic heterocycles. The molecule has 0 aromatic carbocycles. The van der Waals surface area contributed by atoms with E-state index in [4.69, 9.17) is 0 Å². The van der Waals surface area contributed by atoms with E-state index in [0.29, 0.717) is 6.54 Å². The van der Waals surface area contributed by atoms with Crippen molar-refractivity contribution in [1.82, 2.24) is 20.3 Å². The molecule has 3 heterocycles. The van der Waals surface area contributed by atoms with Gasteiger partial charge in [-0.25, -0.2) is 8.42 Å². The van der Waals surface area contributed by atoms with Crippen molar-refractivity contribution in [2.45, 2.75) is 32.4 Å². The van der Waals surface area contributed by atoms with Crippen molar-refractivity contribution in [2.75, 3.05) is 18.6 Å². The summed E-state index contributed by atoms with van der Waals surface area (Å²) < 4.78 is 24.9. The lowest BCUT2D eigenvalue weighted by Gasteiger charge is -2.12. The fourth-order valence-electron chi connectivity index (χ4n) is 3.29. The number of rotatable bonds is 5. The second kappa shape index (κ2) is 5.39. The molecular formula is C15H20N4O2S2. The van der Waals surface area contributed by atoms with Crippen LogP contribution in [0.5, 0.6) is 0 Å². The van der Waals surface area contributed by atoms with Gasteiger partial charge >= 0.3 is 0 Å². The summed E-state index contributed by atoms with van der Waals surface area (Å²) in [6, 6.07) is 2.20. The maximum atomic E-state index is 11.6. The molecule has 4 rings (SSSR count). The van der Waals surface area contributed by atoms with Gasteiger partial charge in [0, 0.05) is 36.2 Å². The third-order valence-corrected chi connectivity index (χ3v) is 6.95. The number of nitrogens with zero attached hydrogens (tertiary/aromatic N) is 3. The Labute approximate surface area is 139 Å². The molecule has 0 atom stereocenters. The topological polar surface area (TPSA) is 76.9 Å². The molecule has 2 aliphatic rings. The van der Waals surface area contributed by atoms with Crippen molar-refractivity contribution in [3.8, 4) is 10.6 Å². The van der Waals surface area contributed by atoms with Gasteiger partial charge in [-0.15, -0.1) is 16.4 Å². The van der Waals surface area contributed by atoms with Crippen LogP contribution < -0.4 is 5.32 Å². The fraction of sp³-hybridized carbons (Fsp3) is 0.600. The molecule has 1 aliphatic carbocycles. The third-order valence-electron chi connectivity index (χ3n) is 4.55. The predicted octanol–water partition coefficient (Wildman–Crippen LogP) is 1.48. The van der Waals surface area contributed by atoms with E-state index >= 15 is 0 Å². The maximum absolute atomic E-state index is 11.6. The molecule has 0 radical (unpaired) electrons. The SMILES string of the molecule is CS(=O)(=O)CC1(Cn2cc(-c3cc4c(s3)CCNC4)nn2)CC1. The summed E-state index contributed by atoms with van der Waals surface area (Å²) in [4.78, 5) is 2.59. The second-order valence-corrected chi connectivity index (χ2v) is 10.1. The average molecular weight is 352 g/mol. The summed E-state index contributed by atoms with van der Waals surface area (Å²) in [5.41, 5.74) is 2.12. The van der Waals surface area contributed by atoms with Crippen LogP contribution in [0.25, 0.3) is 10.6 Å². The zero-order chi connectivity index (χ0) is 16.1. The molecule has 0 bridgehead atoms. The smallest absolute Gasteiger partial charge is 0.148 e. The van der Waals surface area contributed by atoms with Crippen molar-refractivity contribution in [2.24, 2.45) is 5.41 Å². The van der Waals surface area contributed by atoms with Crippen LogP contribution >= 0.6 is 11.3 Å². The predicted molar refractivity (Wildman–Crippen MR) is 90.1 cm³/mol. The molecule has 0 spiro atoms. The van der Waals surface area contributed by atoms with Gasteiger partial charge in [-0.3, -0.25) is 4.68 Å². The molecule has 6 nitrogen and oxygen atoms in total. The second-order valence-electron chi connectivity index (χ2n) is 6.86. The van der Waals surface area contributed by atoms with Crippen molar-refractivity contribution in [3.63, 3.8) is 0 Å². The minimum absolute atomic E-state index is 0.128. The lowest BCUT2D eigenvalue weighted by Crippen LogP contribution is -2.21. The first-order valence-corrected chi connectivity index (χ1v) is 10.7. The Morgan fingerprint density at radius 3 is 2.96 bits per heavy atom. The first-order chi connectivity index (χ1) is 10.9. The van der Waals surface area contributed by atoms with Gasteiger partial charge in [0.1, 0.15) is 15.5 Å². The standard InChI is InChI=1S/C15H20N4O2S2/c1-23(20,21)10-15(3-4-15)9-19-8-12(17-18-19)14-6-11-7-16-5-2-13(11)22-14/h6,8,16H,2-5,7,9-10H2,1H3. The first kappa shape index (κ1) is 15.3. The molecule has 1 aliphatic heterocycles. The van der Waals surface area contributed by atoms with Crippen LogP contribution in [-0.2, 0) is 29.3 Å². The number of nitrogens with one attached hydrogen (secondary N) is 1. The molecule has 124 valence electrons. The minimum Gasteiger partial charge on any atom is -0.312 e. The number of hydrogen-bond acceptors (Lipinski definition) is 6. The monoisotopic (exact) mass is 352 g/mol. The van der Waals surface area contributed by atoms with Crippen LogP contribution in [0.4, 0.5) is 0 Å². The van der Waals surface area contributed by atoms with Gasteiger partial charge in [-0.05, 0) is 30.9 Å². The van der Waals surface area contributed by atoms with Crippen LogP contribution in [0, 0.1) is 5.41 Å². The summed E-state index contributed by atoms with van der Waals surface area (Å²) in [7, 11) is -2.95. The number of sulfone groups is 1. The van der Waals surface area contributed by atoms with Crippen molar-refractivity contribution < 1.29 is 8.42 Å². The van der Waals surface area contributed by atoms with Gasteiger partial charge < -0.3 is 5.32 Å².